The first-order valence-corrected chi connectivity index (χ1v) is 11.0. The Bertz CT molecular complexity index is 1050. The summed E-state index contributed by atoms with van der Waals surface area (Å²) in [6.07, 6.45) is 7.55. The summed E-state index contributed by atoms with van der Waals surface area (Å²) < 4.78 is 17.1. The average molecular weight is 434 g/mol. The normalized spacial score (nSPS) is 18.2. The molecule has 2 aliphatic rings. The van der Waals surface area contributed by atoms with Gasteiger partial charge in [0.1, 0.15) is 19.0 Å². The topological polar surface area (TPSA) is 81.6 Å². The van der Waals surface area contributed by atoms with Gasteiger partial charge in [-0.1, -0.05) is 0 Å². The van der Waals surface area contributed by atoms with E-state index in [1.54, 1.807) is 25.6 Å². The van der Waals surface area contributed by atoms with E-state index < -0.39 is 0 Å². The highest BCUT2D eigenvalue weighted by molar-refractivity contribution is 5.52. The number of hydrogen-bond donors (Lipinski definition) is 1. The van der Waals surface area contributed by atoms with Gasteiger partial charge in [-0.3, -0.25) is 9.88 Å². The van der Waals surface area contributed by atoms with Crippen LogP contribution in [0.3, 0.4) is 0 Å². The predicted molar refractivity (Wildman–Crippen MR) is 121 cm³/mol. The molecule has 8 nitrogen and oxygen atoms in total. The van der Waals surface area contributed by atoms with Crippen LogP contribution in [-0.2, 0) is 6.54 Å². The van der Waals surface area contributed by atoms with Crippen LogP contribution in [0.25, 0.3) is 0 Å². The lowest BCUT2D eigenvalue weighted by atomic mass is 9.94. The van der Waals surface area contributed by atoms with Crippen molar-refractivity contribution in [2.24, 2.45) is 0 Å². The second kappa shape index (κ2) is 9.40. The Morgan fingerprint density at radius 2 is 1.91 bits per heavy atom. The van der Waals surface area contributed by atoms with E-state index in [2.05, 4.69) is 32.3 Å². The van der Waals surface area contributed by atoms with Gasteiger partial charge in [0, 0.05) is 48.7 Å². The van der Waals surface area contributed by atoms with Crippen molar-refractivity contribution < 1.29 is 14.2 Å². The van der Waals surface area contributed by atoms with Crippen molar-refractivity contribution in [2.75, 3.05) is 38.7 Å². The third-order valence-corrected chi connectivity index (χ3v) is 5.87. The molecule has 5 rings (SSSR count). The van der Waals surface area contributed by atoms with Crippen LogP contribution in [0.2, 0.25) is 0 Å². The van der Waals surface area contributed by atoms with Crippen LogP contribution in [0, 0.1) is 0 Å². The highest BCUT2D eigenvalue weighted by Crippen LogP contribution is 2.38. The van der Waals surface area contributed by atoms with Gasteiger partial charge in [-0.05, 0) is 43.7 Å². The number of methoxy groups -OCH3 is 1. The highest BCUT2D eigenvalue weighted by atomic mass is 16.6. The smallest absolute Gasteiger partial charge is 0.227 e. The zero-order valence-corrected chi connectivity index (χ0v) is 18.2. The number of piperidine rings is 1. The first-order valence-electron chi connectivity index (χ1n) is 11.0. The Balaban J connectivity index is 1.26. The van der Waals surface area contributed by atoms with Crippen molar-refractivity contribution in [1.29, 1.82) is 0 Å². The van der Waals surface area contributed by atoms with Gasteiger partial charge in [-0.2, -0.15) is 0 Å². The summed E-state index contributed by atoms with van der Waals surface area (Å²) >= 11 is 0. The van der Waals surface area contributed by atoms with E-state index in [0.29, 0.717) is 25.1 Å². The largest absolute Gasteiger partial charge is 0.496 e. The number of aromatic nitrogens is 3. The number of nitrogens with one attached hydrogen (secondary N) is 1. The van der Waals surface area contributed by atoms with E-state index in [0.717, 1.165) is 66.7 Å². The van der Waals surface area contributed by atoms with Gasteiger partial charge in [0.25, 0.3) is 0 Å². The number of nitrogens with zero attached hydrogens (tertiary/aromatic N) is 4. The first kappa shape index (κ1) is 20.5. The van der Waals surface area contributed by atoms with Gasteiger partial charge in [-0.15, -0.1) is 0 Å². The fourth-order valence-corrected chi connectivity index (χ4v) is 4.32. The Kier molecular flexibility index (Phi) is 6.02. The number of fused-ring (bicyclic) bond motifs is 1. The molecular formula is C24H27N5O3. The molecule has 1 aromatic carbocycles. The van der Waals surface area contributed by atoms with Gasteiger partial charge in [0.15, 0.2) is 11.5 Å². The van der Waals surface area contributed by atoms with Gasteiger partial charge in [0.05, 0.1) is 19.0 Å². The van der Waals surface area contributed by atoms with E-state index in [9.17, 15) is 0 Å². The molecule has 0 bridgehead atoms. The van der Waals surface area contributed by atoms with E-state index in [-0.39, 0.29) is 0 Å². The molecule has 1 atom stereocenters. The molecule has 0 aliphatic carbocycles. The molecule has 0 radical (unpaired) electrons. The molecule has 8 heteroatoms. The maximum absolute atomic E-state index is 5.77. The third-order valence-electron chi connectivity index (χ3n) is 5.87. The first-order chi connectivity index (χ1) is 15.8. The quantitative estimate of drug-likeness (QED) is 0.629. The van der Waals surface area contributed by atoms with Crippen LogP contribution in [0.5, 0.6) is 17.2 Å². The summed E-state index contributed by atoms with van der Waals surface area (Å²) in [6.45, 7) is 3.97. The van der Waals surface area contributed by atoms with Gasteiger partial charge >= 0.3 is 0 Å². The molecule has 2 aliphatic heterocycles. The Morgan fingerprint density at radius 3 is 2.66 bits per heavy atom. The molecule has 1 saturated heterocycles. The van der Waals surface area contributed by atoms with Crippen molar-refractivity contribution in [1.82, 2.24) is 19.9 Å². The molecule has 32 heavy (non-hydrogen) atoms. The minimum absolute atomic E-state index is 0.397. The fraction of sp³-hybridized carbons (Fsp3) is 0.375. The summed E-state index contributed by atoms with van der Waals surface area (Å²) in [5.41, 5.74) is 3.12. The van der Waals surface area contributed by atoms with Crippen LogP contribution >= 0.6 is 0 Å². The van der Waals surface area contributed by atoms with Gasteiger partial charge in [0.2, 0.25) is 5.95 Å². The van der Waals surface area contributed by atoms with E-state index >= 15 is 0 Å². The maximum Gasteiger partial charge on any atom is 0.227 e. The van der Waals surface area contributed by atoms with Crippen molar-refractivity contribution in [3.8, 4) is 17.2 Å². The molecule has 166 valence electrons. The number of rotatable bonds is 6. The second-order valence-electron chi connectivity index (χ2n) is 8.05. The molecular weight excluding hydrogens is 406 g/mol. The molecule has 0 unspecified atom stereocenters. The van der Waals surface area contributed by atoms with Crippen molar-refractivity contribution >= 4 is 11.6 Å². The predicted octanol–water partition coefficient (Wildman–Crippen LogP) is 3.77. The maximum atomic E-state index is 5.77. The standard InChI is InChI=1S/C24H27N5O3/c1-30-21-13-23-22(31-10-11-32-23)12-18(21)16-29-9-2-4-17(15-29)20-6-5-19(14-27-20)28-24-25-7-3-8-26-24/h3,5-8,12-14,17H,2,4,9-11,15-16H2,1H3,(H,25,26,28)/t17-/m0/s1. The fourth-order valence-electron chi connectivity index (χ4n) is 4.32. The number of anilines is 2. The minimum atomic E-state index is 0.397. The molecule has 0 spiro atoms. The summed E-state index contributed by atoms with van der Waals surface area (Å²) in [5.74, 6) is 3.36. The van der Waals surface area contributed by atoms with E-state index in [1.807, 2.05) is 18.3 Å². The highest BCUT2D eigenvalue weighted by Gasteiger charge is 2.24. The van der Waals surface area contributed by atoms with Crippen LogP contribution in [0.4, 0.5) is 11.6 Å². The van der Waals surface area contributed by atoms with Gasteiger partial charge in [-0.25, -0.2) is 9.97 Å². The van der Waals surface area contributed by atoms with Crippen LogP contribution in [0.15, 0.2) is 48.9 Å². The van der Waals surface area contributed by atoms with Crippen molar-refractivity contribution in [3.05, 3.63) is 60.2 Å². The lowest BCUT2D eigenvalue weighted by molar-refractivity contribution is 0.168. The number of benzene rings is 1. The summed E-state index contributed by atoms with van der Waals surface area (Å²) in [7, 11) is 1.70. The summed E-state index contributed by atoms with van der Waals surface area (Å²) in [4.78, 5) is 15.6. The molecule has 1 fully saturated rings. The van der Waals surface area contributed by atoms with Crippen molar-refractivity contribution in [2.45, 2.75) is 25.3 Å². The molecule has 2 aromatic heterocycles. The third kappa shape index (κ3) is 4.60. The zero-order valence-electron chi connectivity index (χ0n) is 18.2. The summed E-state index contributed by atoms with van der Waals surface area (Å²) in [6, 6.07) is 9.93. The Morgan fingerprint density at radius 1 is 1.09 bits per heavy atom. The molecule has 4 heterocycles. The van der Waals surface area contributed by atoms with Crippen molar-refractivity contribution in [3.63, 3.8) is 0 Å². The van der Waals surface area contributed by atoms with Crippen LogP contribution in [0.1, 0.15) is 30.0 Å². The lowest BCUT2D eigenvalue weighted by Gasteiger charge is -2.33. The number of hydrogen-bond acceptors (Lipinski definition) is 8. The molecule has 1 N–H and O–H groups in total. The molecule has 0 amide bonds. The Labute approximate surface area is 187 Å². The van der Waals surface area contributed by atoms with Gasteiger partial charge < -0.3 is 19.5 Å². The number of likely N-dealkylation sites (tertiary alicyclic amines) is 1. The minimum Gasteiger partial charge on any atom is -0.496 e. The average Bonchev–Trinajstić information content (AvgIpc) is 2.85. The SMILES string of the molecule is COc1cc2c(cc1CN1CCC[C@H](c3ccc(Nc4ncccn4)cn3)C1)OCCO2. The second-order valence-corrected chi connectivity index (χ2v) is 8.05. The number of ether oxygens (including phenoxy) is 3. The summed E-state index contributed by atoms with van der Waals surface area (Å²) in [5, 5.41) is 3.18. The van der Waals surface area contributed by atoms with Crippen LogP contribution < -0.4 is 19.5 Å². The molecule has 3 aromatic rings. The monoisotopic (exact) mass is 433 g/mol. The van der Waals surface area contributed by atoms with E-state index in [4.69, 9.17) is 19.2 Å². The zero-order chi connectivity index (χ0) is 21.8. The lowest BCUT2D eigenvalue weighted by Crippen LogP contribution is -2.34. The van der Waals surface area contributed by atoms with E-state index in [1.165, 1.54) is 0 Å². The Hall–Kier alpha value is -3.39. The number of pyridine rings is 1. The van der Waals surface area contributed by atoms with Crippen LogP contribution in [-0.4, -0.2) is 53.3 Å². The molecule has 0 saturated carbocycles.